The van der Waals surface area contributed by atoms with Gasteiger partial charge < -0.3 is 20.3 Å². The number of fused-ring (bicyclic) bond motifs is 1. The van der Waals surface area contributed by atoms with Gasteiger partial charge in [-0.15, -0.1) is 0 Å². The lowest BCUT2D eigenvalue weighted by Gasteiger charge is -2.35. The molecule has 1 aliphatic carbocycles. The first-order valence-electron chi connectivity index (χ1n) is 12.1. The lowest BCUT2D eigenvalue weighted by Crippen LogP contribution is -2.44. The molecule has 0 unspecified atom stereocenters. The summed E-state index contributed by atoms with van der Waals surface area (Å²) < 4.78 is 5.68. The number of carbonyl (C=O) groups excluding carboxylic acids is 1. The van der Waals surface area contributed by atoms with Gasteiger partial charge in [0.2, 0.25) is 0 Å². The molecule has 1 saturated carbocycles. The Kier molecular flexibility index (Phi) is 6.21. The molecule has 2 aliphatic heterocycles. The van der Waals surface area contributed by atoms with Crippen molar-refractivity contribution in [3.8, 4) is 11.4 Å². The molecule has 3 aliphatic rings. The minimum atomic E-state index is -0.203. The summed E-state index contributed by atoms with van der Waals surface area (Å²) in [6.07, 6.45) is 2.71. The van der Waals surface area contributed by atoms with E-state index in [2.05, 4.69) is 27.4 Å². The van der Waals surface area contributed by atoms with Crippen molar-refractivity contribution in [2.24, 2.45) is 5.92 Å². The second-order valence-electron chi connectivity index (χ2n) is 9.86. The Morgan fingerprint density at radius 3 is 2.67 bits per heavy atom. The number of nitrogens with zero attached hydrogens (tertiary/aromatic N) is 4. The summed E-state index contributed by atoms with van der Waals surface area (Å²) in [7, 11) is 0. The first-order chi connectivity index (χ1) is 16.0. The lowest BCUT2D eigenvalue weighted by atomic mass is 10.1. The van der Waals surface area contributed by atoms with Crippen molar-refractivity contribution >= 4 is 17.5 Å². The summed E-state index contributed by atoms with van der Waals surface area (Å²) in [6.45, 7) is 11.3. The molecule has 0 bridgehead atoms. The SMILES string of the molecule is CC(C)NC(=O)Nc1ccc(-c2nc3c(c(N4CCOC[C@@H]4C)n2)CN(CC2CC2)C3)cc1. The van der Waals surface area contributed by atoms with Crippen molar-refractivity contribution in [1.82, 2.24) is 20.2 Å². The number of hydrogen-bond donors (Lipinski definition) is 2. The van der Waals surface area contributed by atoms with Crippen molar-refractivity contribution in [1.29, 1.82) is 0 Å². The molecule has 1 aromatic carbocycles. The Morgan fingerprint density at radius 2 is 1.97 bits per heavy atom. The van der Waals surface area contributed by atoms with Gasteiger partial charge in [-0.2, -0.15) is 0 Å². The highest BCUT2D eigenvalue weighted by Crippen LogP contribution is 2.37. The van der Waals surface area contributed by atoms with Gasteiger partial charge in [0, 0.05) is 49.0 Å². The van der Waals surface area contributed by atoms with E-state index >= 15 is 0 Å². The zero-order valence-corrected chi connectivity index (χ0v) is 19.8. The predicted octanol–water partition coefficient (Wildman–Crippen LogP) is 3.62. The van der Waals surface area contributed by atoms with Gasteiger partial charge in [-0.25, -0.2) is 14.8 Å². The molecule has 1 atom stereocenters. The summed E-state index contributed by atoms with van der Waals surface area (Å²) in [4.78, 5) is 27.0. The maximum absolute atomic E-state index is 12.0. The number of carbonyl (C=O) groups is 1. The van der Waals surface area contributed by atoms with Crippen LogP contribution in [0.1, 0.15) is 44.9 Å². The monoisotopic (exact) mass is 450 g/mol. The second-order valence-corrected chi connectivity index (χ2v) is 9.86. The smallest absolute Gasteiger partial charge is 0.319 e. The number of aromatic nitrogens is 2. The van der Waals surface area contributed by atoms with E-state index in [9.17, 15) is 4.79 Å². The fraction of sp³-hybridized carbons (Fsp3) is 0.560. The van der Waals surface area contributed by atoms with E-state index in [0.717, 1.165) is 73.9 Å². The van der Waals surface area contributed by atoms with Crippen LogP contribution in [0.25, 0.3) is 11.4 Å². The van der Waals surface area contributed by atoms with Crippen LogP contribution in [0.3, 0.4) is 0 Å². The van der Waals surface area contributed by atoms with Crippen LogP contribution in [0.15, 0.2) is 24.3 Å². The zero-order chi connectivity index (χ0) is 22.9. The molecule has 2 fully saturated rings. The molecule has 0 radical (unpaired) electrons. The Bertz CT molecular complexity index is 1000. The topological polar surface area (TPSA) is 82.6 Å². The Labute approximate surface area is 195 Å². The summed E-state index contributed by atoms with van der Waals surface area (Å²) >= 11 is 0. The van der Waals surface area contributed by atoms with Gasteiger partial charge in [0.1, 0.15) is 5.82 Å². The number of nitrogens with one attached hydrogen (secondary N) is 2. The van der Waals surface area contributed by atoms with Crippen molar-refractivity contribution in [3.05, 3.63) is 35.5 Å². The van der Waals surface area contributed by atoms with Crippen LogP contribution < -0.4 is 15.5 Å². The third-order valence-corrected chi connectivity index (χ3v) is 6.50. The van der Waals surface area contributed by atoms with Gasteiger partial charge in [-0.1, -0.05) is 0 Å². The minimum absolute atomic E-state index is 0.0876. The molecule has 5 rings (SSSR count). The third-order valence-electron chi connectivity index (χ3n) is 6.50. The molecular weight excluding hydrogens is 416 g/mol. The maximum Gasteiger partial charge on any atom is 0.319 e. The van der Waals surface area contributed by atoms with E-state index in [4.69, 9.17) is 14.7 Å². The van der Waals surface area contributed by atoms with E-state index in [1.54, 1.807) is 0 Å². The quantitative estimate of drug-likeness (QED) is 0.700. The molecule has 2 N–H and O–H groups in total. The highest BCUT2D eigenvalue weighted by atomic mass is 16.5. The Hall–Kier alpha value is -2.71. The van der Waals surface area contributed by atoms with Gasteiger partial charge in [-0.3, -0.25) is 4.90 Å². The number of rotatable bonds is 6. The number of hydrogen-bond acceptors (Lipinski definition) is 6. The van der Waals surface area contributed by atoms with E-state index < -0.39 is 0 Å². The first kappa shape index (κ1) is 22.1. The van der Waals surface area contributed by atoms with Gasteiger partial charge in [0.15, 0.2) is 5.82 Å². The third kappa shape index (κ3) is 5.12. The largest absolute Gasteiger partial charge is 0.377 e. The first-order valence-corrected chi connectivity index (χ1v) is 12.1. The Balaban J connectivity index is 1.42. The van der Waals surface area contributed by atoms with Crippen LogP contribution in [-0.2, 0) is 17.8 Å². The van der Waals surface area contributed by atoms with Crippen LogP contribution in [0, 0.1) is 5.92 Å². The van der Waals surface area contributed by atoms with Crippen LogP contribution in [0.4, 0.5) is 16.3 Å². The molecule has 8 heteroatoms. The van der Waals surface area contributed by atoms with Gasteiger partial charge >= 0.3 is 6.03 Å². The number of anilines is 2. The zero-order valence-electron chi connectivity index (χ0n) is 19.8. The predicted molar refractivity (Wildman–Crippen MR) is 129 cm³/mol. The average molecular weight is 451 g/mol. The molecule has 8 nitrogen and oxygen atoms in total. The van der Waals surface area contributed by atoms with Crippen molar-refractivity contribution < 1.29 is 9.53 Å². The molecule has 1 saturated heterocycles. The van der Waals surface area contributed by atoms with Gasteiger partial charge in [0.05, 0.1) is 24.9 Å². The summed E-state index contributed by atoms with van der Waals surface area (Å²) in [6, 6.07) is 7.95. The van der Waals surface area contributed by atoms with E-state index in [1.165, 1.54) is 18.4 Å². The molecular formula is C25H34N6O2. The molecule has 0 spiro atoms. The van der Waals surface area contributed by atoms with Crippen molar-refractivity contribution in [3.63, 3.8) is 0 Å². The lowest BCUT2D eigenvalue weighted by molar-refractivity contribution is 0.0984. The second kappa shape index (κ2) is 9.27. The van der Waals surface area contributed by atoms with Crippen LogP contribution in [0.5, 0.6) is 0 Å². The van der Waals surface area contributed by atoms with E-state index in [1.807, 2.05) is 38.1 Å². The molecule has 3 heterocycles. The summed E-state index contributed by atoms with van der Waals surface area (Å²) in [5.74, 6) is 2.65. The van der Waals surface area contributed by atoms with Gasteiger partial charge in [0.25, 0.3) is 0 Å². The molecule has 33 heavy (non-hydrogen) atoms. The fourth-order valence-corrected chi connectivity index (χ4v) is 4.64. The molecule has 2 aromatic rings. The maximum atomic E-state index is 12.0. The minimum Gasteiger partial charge on any atom is -0.377 e. The molecule has 1 aromatic heterocycles. The van der Waals surface area contributed by atoms with Crippen LogP contribution >= 0.6 is 0 Å². The fourth-order valence-electron chi connectivity index (χ4n) is 4.64. The highest BCUT2D eigenvalue weighted by molar-refractivity contribution is 5.89. The van der Waals surface area contributed by atoms with Crippen LogP contribution in [0.2, 0.25) is 0 Å². The van der Waals surface area contributed by atoms with E-state index in [-0.39, 0.29) is 18.1 Å². The molecule has 176 valence electrons. The number of benzene rings is 1. The highest BCUT2D eigenvalue weighted by Gasteiger charge is 2.33. The number of urea groups is 1. The number of morpholine rings is 1. The van der Waals surface area contributed by atoms with E-state index in [0.29, 0.717) is 0 Å². The summed E-state index contributed by atoms with van der Waals surface area (Å²) in [5.41, 5.74) is 4.12. The Morgan fingerprint density at radius 1 is 1.18 bits per heavy atom. The van der Waals surface area contributed by atoms with Gasteiger partial charge in [-0.05, 0) is 63.8 Å². The van der Waals surface area contributed by atoms with Crippen LogP contribution in [-0.4, -0.2) is 59.3 Å². The standard InChI is InChI=1S/C25H34N6O2/c1-16(2)26-25(32)27-20-8-6-19(7-9-20)23-28-22-14-30(12-18-4-5-18)13-21(22)24(29-23)31-10-11-33-15-17(31)3/h6-9,16-18H,4-5,10-15H2,1-3H3,(H2,26,27,32)/t17-/m0/s1. The number of ether oxygens (including phenoxy) is 1. The average Bonchev–Trinajstić information content (AvgIpc) is 3.49. The number of amides is 2. The summed E-state index contributed by atoms with van der Waals surface area (Å²) in [5, 5.41) is 5.71. The van der Waals surface area contributed by atoms with Crippen molar-refractivity contribution in [2.75, 3.05) is 36.5 Å². The normalized spacial score (nSPS) is 20.7. The molecule has 2 amide bonds. The van der Waals surface area contributed by atoms with Crippen molar-refractivity contribution in [2.45, 2.75) is 58.8 Å².